The number of carbonyl (C=O) groups is 1. The molecule has 2 N–H and O–H groups in total. The van der Waals surface area contributed by atoms with Gasteiger partial charge in [0, 0.05) is 25.3 Å². The topological polar surface area (TPSA) is 89.9 Å². The van der Waals surface area contributed by atoms with Gasteiger partial charge in [-0.25, -0.2) is 9.78 Å². The fourth-order valence-electron chi connectivity index (χ4n) is 4.28. The van der Waals surface area contributed by atoms with E-state index in [1.165, 1.54) is 19.3 Å². The predicted octanol–water partition coefficient (Wildman–Crippen LogP) is 3.82. The van der Waals surface area contributed by atoms with E-state index in [0.29, 0.717) is 19.0 Å². The van der Waals surface area contributed by atoms with E-state index < -0.39 is 0 Å². The molecule has 3 heterocycles. The molecule has 8 heteroatoms. The van der Waals surface area contributed by atoms with E-state index in [9.17, 15) is 4.79 Å². The lowest BCUT2D eigenvalue weighted by atomic mass is 9.94. The number of aryl methyl sites for hydroxylation is 1. The van der Waals surface area contributed by atoms with Crippen molar-refractivity contribution in [3.8, 4) is 0 Å². The quantitative estimate of drug-likeness (QED) is 0.637. The maximum atomic E-state index is 12.0. The average molecular weight is 401 g/mol. The minimum atomic E-state index is -0.323. The van der Waals surface area contributed by atoms with Crippen molar-refractivity contribution in [2.24, 2.45) is 5.73 Å². The van der Waals surface area contributed by atoms with Crippen LogP contribution in [-0.2, 0) is 12.4 Å². The number of urea groups is 1. The third-order valence-corrected chi connectivity index (χ3v) is 5.85. The van der Waals surface area contributed by atoms with Crippen LogP contribution in [0.3, 0.4) is 0 Å². The number of nitrogens with zero attached hydrogens (tertiary/aromatic N) is 5. The molecule has 0 atom stereocenters. The van der Waals surface area contributed by atoms with Gasteiger partial charge in [0.05, 0.1) is 23.1 Å². The maximum absolute atomic E-state index is 12.0. The zero-order valence-electron chi connectivity index (χ0n) is 15.9. The van der Waals surface area contributed by atoms with E-state index in [2.05, 4.69) is 19.5 Å². The second kappa shape index (κ2) is 8.31. The van der Waals surface area contributed by atoms with Crippen LogP contribution in [0.5, 0.6) is 0 Å². The molecule has 0 radical (unpaired) electrons. The van der Waals surface area contributed by atoms with Crippen LogP contribution in [0.4, 0.5) is 4.79 Å². The molecule has 3 aromatic heterocycles. The second-order valence-electron chi connectivity index (χ2n) is 7.35. The summed E-state index contributed by atoms with van der Waals surface area (Å²) in [6.07, 6.45) is 9.99. The third kappa shape index (κ3) is 3.63. The van der Waals surface area contributed by atoms with Gasteiger partial charge in [0.25, 0.3) is 0 Å². The maximum Gasteiger partial charge on any atom is 0.315 e. The summed E-state index contributed by atoms with van der Waals surface area (Å²) in [4.78, 5) is 27.4. The Kier molecular flexibility index (Phi) is 5.62. The van der Waals surface area contributed by atoms with Crippen LogP contribution in [0.1, 0.15) is 44.3 Å². The molecule has 4 rings (SSSR count). The number of imidazole rings is 1. The standard InChI is InChI=1S/C20H25ClN6O/c21-12-17-25-16-13-24-15-8-4-9-23-18(15)19(16)27(17)11-5-10-26(20(22)28)14-6-2-1-3-7-14/h4,8-9,13-14H,1-3,5-7,10-12H2,(H2,22,28). The average Bonchev–Trinajstić information content (AvgIpc) is 3.09. The van der Waals surface area contributed by atoms with Gasteiger partial charge in [0.15, 0.2) is 0 Å². The van der Waals surface area contributed by atoms with Gasteiger partial charge in [0.2, 0.25) is 0 Å². The van der Waals surface area contributed by atoms with Crippen molar-refractivity contribution in [2.45, 2.75) is 57.0 Å². The molecule has 0 aromatic carbocycles. The molecule has 0 aliphatic heterocycles. The van der Waals surface area contributed by atoms with Crippen molar-refractivity contribution in [3.63, 3.8) is 0 Å². The first-order valence-corrected chi connectivity index (χ1v) is 10.4. The van der Waals surface area contributed by atoms with Crippen LogP contribution in [-0.4, -0.2) is 43.0 Å². The van der Waals surface area contributed by atoms with Crippen LogP contribution in [0.25, 0.3) is 22.1 Å². The molecule has 28 heavy (non-hydrogen) atoms. The minimum absolute atomic E-state index is 0.268. The van der Waals surface area contributed by atoms with E-state index in [0.717, 1.165) is 47.2 Å². The number of nitrogens with two attached hydrogens (primary N) is 1. The Morgan fingerprint density at radius 1 is 1.25 bits per heavy atom. The van der Waals surface area contributed by atoms with E-state index in [1.807, 2.05) is 17.0 Å². The summed E-state index contributed by atoms with van der Waals surface area (Å²) in [6.45, 7) is 1.34. The van der Waals surface area contributed by atoms with Gasteiger partial charge >= 0.3 is 6.03 Å². The van der Waals surface area contributed by atoms with Gasteiger partial charge in [-0.2, -0.15) is 0 Å². The molecule has 1 aliphatic rings. The van der Waals surface area contributed by atoms with Crippen molar-refractivity contribution >= 4 is 39.7 Å². The Morgan fingerprint density at radius 3 is 2.82 bits per heavy atom. The number of fused-ring (bicyclic) bond motifs is 3. The van der Waals surface area contributed by atoms with Crippen LogP contribution >= 0.6 is 11.6 Å². The fraction of sp³-hybridized carbons (Fsp3) is 0.500. The van der Waals surface area contributed by atoms with E-state index in [4.69, 9.17) is 17.3 Å². The highest BCUT2D eigenvalue weighted by Gasteiger charge is 2.23. The molecule has 0 unspecified atom stereocenters. The van der Waals surface area contributed by atoms with Crippen molar-refractivity contribution in [2.75, 3.05) is 6.54 Å². The number of alkyl halides is 1. The molecule has 0 spiro atoms. The molecule has 0 bridgehead atoms. The Balaban J connectivity index is 1.58. The number of primary amides is 1. The zero-order valence-corrected chi connectivity index (χ0v) is 16.6. The Bertz CT molecular complexity index is 981. The molecule has 1 fully saturated rings. The summed E-state index contributed by atoms with van der Waals surface area (Å²) in [6, 6.07) is 3.76. The highest BCUT2D eigenvalue weighted by Crippen LogP contribution is 2.25. The molecule has 2 amide bonds. The van der Waals surface area contributed by atoms with E-state index in [-0.39, 0.29) is 12.1 Å². The molecule has 0 saturated heterocycles. The highest BCUT2D eigenvalue weighted by molar-refractivity contribution is 6.17. The smallest absolute Gasteiger partial charge is 0.315 e. The molecule has 1 aliphatic carbocycles. The van der Waals surface area contributed by atoms with Gasteiger partial charge in [-0.3, -0.25) is 9.97 Å². The molecule has 3 aromatic rings. The lowest BCUT2D eigenvalue weighted by molar-refractivity contribution is 0.161. The zero-order chi connectivity index (χ0) is 19.5. The Morgan fingerprint density at radius 2 is 2.07 bits per heavy atom. The number of carbonyl (C=O) groups excluding carboxylic acids is 1. The number of rotatable bonds is 6. The van der Waals surface area contributed by atoms with E-state index >= 15 is 0 Å². The summed E-state index contributed by atoms with van der Waals surface area (Å²) in [7, 11) is 0. The monoisotopic (exact) mass is 400 g/mol. The first-order chi connectivity index (χ1) is 13.7. The highest BCUT2D eigenvalue weighted by atomic mass is 35.5. The summed E-state index contributed by atoms with van der Waals surface area (Å²) in [5.74, 6) is 1.10. The van der Waals surface area contributed by atoms with Gasteiger partial charge in [-0.05, 0) is 31.4 Å². The number of halogens is 1. The third-order valence-electron chi connectivity index (χ3n) is 5.61. The summed E-state index contributed by atoms with van der Waals surface area (Å²) in [5, 5.41) is 0. The SMILES string of the molecule is NC(=O)N(CCCn1c(CCl)nc2cnc3cccnc3c21)C1CCCCC1. The molecule has 148 valence electrons. The largest absolute Gasteiger partial charge is 0.351 e. The molecular formula is C20H25ClN6O. The molecular weight excluding hydrogens is 376 g/mol. The lowest BCUT2D eigenvalue weighted by Crippen LogP contribution is -2.45. The van der Waals surface area contributed by atoms with Crippen molar-refractivity contribution < 1.29 is 4.79 Å². The van der Waals surface area contributed by atoms with Crippen molar-refractivity contribution in [1.82, 2.24) is 24.4 Å². The summed E-state index contributed by atoms with van der Waals surface area (Å²) >= 11 is 6.16. The van der Waals surface area contributed by atoms with Gasteiger partial charge < -0.3 is 15.2 Å². The number of aromatic nitrogens is 4. The Hall–Kier alpha value is -2.41. The number of amides is 2. The Labute approximate surface area is 168 Å². The summed E-state index contributed by atoms with van der Waals surface area (Å²) in [5.41, 5.74) is 9.07. The van der Waals surface area contributed by atoms with Crippen LogP contribution in [0.15, 0.2) is 24.5 Å². The van der Waals surface area contributed by atoms with Crippen molar-refractivity contribution in [3.05, 3.63) is 30.4 Å². The second-order valence-corrected chi connectivity index (χ2v) is 7.62. The van der Waals surface area contributed by atoms with Crippen LogP contribution in [0.2, 0.25) is 0 Å². The first kappa shape index (κ1) is 18.9. The molecule has 7 nitrogen and oxygen atoms in total. The molecule has 1 saturated carbocycles. The number of hydrogen-bond donors (Lipinski definition) is 1. The van der Waals surface area contributed by atoms with Crippen LogP contribution < -0.4 is 5.73 Å². The predicted molar refractivity (Wildman–Crippen MR) is 110 cm³/mol. The summed E-state index contributed by atoms with van der Waals surface area (Å²) < 4.78 is 2.11. The van der Waals surface area contributed by atoms with Gasteiger partial charge in [-0.15, -0.1) is 11.6 Å². The van der Waals surface area contributed by atoms with Crippen LogP contribution in [0, 0.1) is 0 Å². The van der Waals surface area contributed by atoms with Crippen molar-refractivity contribution in [1.29, 1.82) is 0 Å². The minimum Gasteiger partial charge on any atom is -0.351 e. The fourth-order valence-corrected chi connectivity index (χ4v) is 4.48. The normalized spacial score (nSPS) is 15.3. The lowest BCUT2D eigenvalue weighted by Gasteiger charge is -2.33. The first-order valence-electron chi connectivity index (χ1n) is 9.90. The van der Waals surface area contributed by atoms with Gasteiger partial charge in [-0.1, -0.05) is 19.3 Å². The van der Waals surface area contributed by atoms with E-state index in [1.54, 1.807) is 12.4 Å². The van der Waals surface area contributed by atoms with Gasteiger partial charge in [0.1, 0.15) is 16.9 Å². The number of pyridine rings is 2. The number of hydrogen-bond acceptors (Lipinski definition) is 4.